The van der Waals surface area contributed by atoms with Gasteiger partial charge < -0.3 is 14.2 Å². The molecule has 5 aromatic rings. The number of thiazole rings is 1. The Labute approximate surface area is 279 Å². The third kappa shape index (κ3) is 6.51. The summed E-state index contributed by atoms with van der Waals surface area (Å²) in [5.41, 5.74) is 3.49. The van der Waals surface area contributed by atoms with Gasteiger partial charge in [-0.3, -0.25) is 9.36 Å². The summed E-state index contributed by atoms with van der Waals surface area (Å²) in [7, 11) is 1.59. The van der Waals surface area contributed by atoms with Gasteiger partial charge >= 0.3 is 5.97 Å². The highest BCUT2D eigenvalue weighted by molar-refractivity contribution is 7.07. The lowest BCUT2D eigenvalue weighted by Crippen LogP contribution is -2.40. The van der Waals surface area contributed by atoms with Gasteiger partial charge in [0.05, 0.1) is 35.6 Å². The van der Waals surface area contributed by atoms with Crippen LogP contribution in [-0.2, 0) is 16.1 Å². The van der Waals surface area contributed by atoms with Gasteiger partial charge in [0.15, 0.2) is 4.80 Å². The molecule has 10 heteroatoms. The Morgan fingerprint density at radius 2 is 1.74 bits per heavy atom. The highest BCUT2D eigenvalue weighted by Gasteiger charge is 2.35. The van der Waals surface area contributed by atoms with Gasteiger partial charge in [-0.25, -0.2) is 9.79 Å². The Hall–Kier alpha value is -4.63. The van der Waals surface area contributed by atoms with Crippen LogP contribution in [0.15, 0.2) is 112 Å². The molecular formula is C36H28Cl2N2O5S. The number of carbonyl (C=O) groups excluding carboxylic acids is 1. The second-order valence-corrected chi connectivity index (χ2v) is 12.2. The molecule has 4 aromatic carbocycles. The van der Waals surface area contributed by atoms with E-state index < -0.39 is 12.0 Å². The number of benzene rings is 4. The largest absolute Gasteiger partial charge is 0.497 e. The fraction of sp³-hybridized carbons (Fsp3) is 0.139. The zero-order valence-electron chi connectivity index (χ0n) is 24.9. The van der Waals surface area contributed by atoms with Gasteiger partial charge in [0.25, 0.3) is 5.56 Å². The lowest BCUT2D eigenvalue weighted by atomic mass is 9.93. The molecule has 0 saturated carbocycles. The number of aromatic nitrogens is 1. The molecule has 1 aliphatic heterocycles. The zero-order valence-corrected chi connectivity index (χ0v) is 27.2. The van der Waals surface area contributed by atoms with Gasteiger partial charge in [0.2, 0.25) is 0 Å². The molecule has 1 aromatic heterocycles. The number of hydrogen-bond donors (Lipinski definition) is 0. The Morgan fingerprint density at radius 1 is 0.957 bits per heavy atom. The second-order valence-electron chi connectivity index (χ2n) is 10.3. The van der Waals surface area contributed by atoms with Gasteiger partial charge in [-0.2, -0.15) is 0 Å². The van der Waals surface area contributed by atoms with Crippen LogP contribution >= 0.6 is 34.5 Å². The third-order valence-corrected chi connectivity index (χ3v) is 8.94. The van der Waals surface area contributed by atoms with Crippen molar-refractivity contribution in [3.63, 3.8) is 0 Å². The van der Waals surface area contributed by atoms with E-state index in [4.69, 9.17) is 42.4 Å². The van der Waals surface area contributed by atoms with Crippen LogP contribution in [0.5, 0.6) is 11.5 Å². The highest BCUT2D eigenvalue weighted by atomic mass is 35.5. The number of rotatable bonds is 9. The predicted octanol–water partition coefficient (Wildman–Crippen LogP) is 6.83. The molecule has 0 aliphatic carbocycles. The number of carbonyl (C=O) groups is 1. The summed E-state index contributed by atoms with van der Waals surface area (Å²) in [6, 6.07) is 28.7. The van der Waals surface area contributed by atoms with Crippen LogP contribution in [0.1, 0.15) is 35.2 Å². The molecule has 0 unspecified atom stereocenters. The number of fused-ring (bicyclic) bond motifs is 1. The molecule has 1 atom stereocenters. The first-order valence-corrected chi connectivity index (χ1v) is 16.0. The van der Waals surface area contributed by atoms with Crippen LogP contribution in [0.4, 0.5) is 0 Å². The number of ether oxygens (including phenoxy) is 3. The van der Waals surface area contributed by atoms with Crippen molar-refractivity contribution in [1.29, 1.82) is 0 Å². The van der Waals surface area contributed by atoms with Gasteiger partial charge in [0.1, 0.15) is 18.1 Å². The summed E-state index contributed by atoms with van der Waals surface area (Å²) in [5.74, 6) is 0.729. The van der Waals surface area contributed by atoms with E-state index in [-0.39, 0.29) is 24.3 Å². The molecule has 0 fully saturated rings. The molecule has 1 aliphatic rings. The van der Waals surface area contributed by atoms with E-state index in [0.717, 1.165) is 22.3 Å². The molecule has 7 nitrogen and oxygen atoms in total. The number of nitrogens with zero attached hydrogens (tertiary/aromatic N) is 2. The molecule has 2 heterocycles. The maximum Gasteiger partial charge on any atom is 0.338 e. The summed E-state index contributed by atoms with van der Waals surface area (Å²) in [6.07, 6.45) is 1.80. The van der Waals surface area contributed by atoms with Crippen molar-refractivity contribution in [3.8, 4) is 11.5 Å². The SMILES string of the molecule is CCOC(=O)C1=C(c2ccccc2)N=c2s/c(=C\c3cccc(OCc4ccc(Cl)cc4Cl)c3)c(=O)n2[C@@H]1c1ccc(OC)cc1. The first-order chi connectivity index (χ1) is 22.4. The molecule has 232 valence electrons. The minimum Gasteiger partial charge on any atom is -0.497 e. The average molecular weight is 672 g/mol. The van der Waals surface area contributed by atoms with Crippen molar-refractivity contribution >= 4 is 52.3 Å². The zero-order chi connectivity index (χ0) is 32.2. The Morgan fingerprint density at radius 3 is 2.46 bits per heavy atom. The summed E-state index contributed by atoms with van der Waals surface area (Å²) in [4.78, 5) is 33.2. The van der Waals surface area contributed by atoms with Crippen molar-refractivity contribution in [2.75, 3.05) is 13.7 Å². The first-order valence-electron chi connectivity index (χ1n) is 14.5. The monoisotopic (exact) mass is 670 g/mol. The molecule has 0 spiro atoms. The third-order valence-electron chi connectivity index (χ3n) is 7.37. The van der Waals surface area contributed by atoms with Crippen LogP contribution in [0.2, 0.25) is 10.0 Å². The van der Waals surface area contributed by atoms with Crippen LogP contribution in [0.3, 0.4) is 0 Å². The summed E-state index contributed by atoms with van der Waals surface area (Å²) in [6.45, 7) is 2.18. The van der Waals surface area contributed by atoms with E-state index in [2.05, 4.69) is 0 Å². The van der Waals surface area contributed by atoms with Gasteiger partial charge in [-0.15, -0.1) is 0 Å². The van der Waals surface area contributed by atoms with E-state index in [1.807, 2.05) is 72.8 Å². The Balaban J connectivity index is 1.46. The van der Waals surface area contributed by atoms with Crippen molar-refractivity contribution in [3.05, 3.63) is 155 Å². The van der Waals surface area contributed by atoms with Crippen molar-refractivity contribution in [2.24, 2.45) is 4.99 Å². The van der Waals surface area contributed by atoms with Crippen LogP contribution in [0, 0.1) is 0 Å². The molecule has 0 amide bonds. The van der Waals surface area contributed by atoms with E-state index in [0.29, 0.717) is 36.6 Å². The number of hydrogen-bond acceptors (Lipinski definition) is 7. The lowest BCUT2D eigenvalue weighted by molar-refractivity contribution is -0.138. The summed E-state index contributed by atoms with van der Waals surface area (Å²) in [5, 5.41) is 1.07. The fourth-order valence-electron chi connectivity index (χ4n) is 5.19. The maximum atomic E-state index is 14.2. The quantitative estimate of drug-likeness (QED) is 0.161. The Kier molecular flexibility index (Phi) is 9.40. The summed E-state index contributed by atoms with van der Waals surface area (Å²) < 4.78 is 18.9. The van der Waals surface area contributed by atoms with Gasteiger partial charge in [0, 0.05) is 21.2 Å². The predicted molar refractivity (Wildman–Crippen MR) is 181 cm³/mol. The summed E-state index contributed by atoms with van der Waals surface area (Å²) >= 11 is 13.6. The molecule has 0 bridgehead atoms. The van der Waals surface area contributed by atoms with Crippen molar-refractivity contribution in [1.82, 2.24) is 4.57 Å². The standard InChI is InChI=1S/C36H28Cl2N2O5S/c1-3-44-35(42)31-32(23-9-5-4-6-10-23)39-36-40(33(31)24-13-16-27(43-2)17-14-24)34(41)30(46-36)19-22-8-7-11-28(18-22)45-21-25-12-15-26(37)20-29(25)38/h4-20,33H,3,21H2,1-2H3/b30-19-/t33-/m1/s1. The Bertz CT molecular complexity index is 2120. The average Bonchev–Trinajstić information content (AvgIpc) is 3.38. The van der Waals surface area contributed by atoms with Gasteiger partial charge in [-0.1, -0.05) is 95.2 Å². The van der Waals surface area contributed by atoms with Crippen LogP contribution in [0.25, 0.3) is 11.8 Å². The van der Waals surface area contributed by atoms with Crippen LogP contribution < -0.4 is 24.4 Å². The molecule has 0 N–H and O–H groups in total. The van der Waals surface area contributed by atoms with E-state index in [9.17, 15) is 9.59 Å². The lowest BCUT2D eigenvalue weighted by Gasteiger charge is -2.26. The molecule has 6 rings (SSSR count). The highest BCUT2D eigenvalue weighted by Crippen LogP contribution is 2.35. The smallest absolute Gasteiger partial charge is 0.338 e. The molecule has 46 heavy (non-hydrogen) atoms. The first kappa shape index (κ1) is 31.4. The topological polar surface area (TPSA) is 79.1 Å². The number of halogens is 2. The molecule has 0 saturated heterocycles. The number of esters is 1. The van der Waals surface area contributed by atoms with Crippen molar-refractivity contribution in [2.45, 2.75) is 19.6 Å². The molecular weight excluding hydrogens is 643 g/mol. The van der Waals surface area contributed by atoms with Crippen molar-refractivity contribution < 1.29 is 19.0 Å². The fourth-order valence-corrected chi connectivity index (χ4v) is 6.65. The normalized spacial score (nSPS) is 14.4. The minimum absolute atomic E-state index is 0.173. The second kappa shape index (κ2) is 13.8. The maximum absolute atomic E-state index is 14.2. The van der Waals surface area contributed by atoms with Crippen LogP contribution in [-0.4, -0.2) is 24.3 Å². The molecule has 0 radical (unpaired) electrons. The minimum atomic E-state index is -0.780. The van der Waals surface area contributed by atoms with Gasteiger partial charge in [-0.05, 0) is 60.5 Å². The van der Waals surface area contributed by atoms with E-state index >= 15 is 0 Å². The van der Waals surface area contributed by atoms with E-state index in [1.165, 1.54) is 11.3 Å². The van der Waals surface area contributed by atoms with E-state index in [1.54, 1.807) is 48.9 Å². The number of methoxy groups -OCH3 is 1.